The number of aromatic nitrogens is 2. The molecule has 0 radical (unpaired) electrons. The van der Waals surface area contributed by atoms with E-state index in [-0.39, 0.29) is 41.5 Å². The number of carbonyl (C=O) groups excluding carboxylic acids is 4. The van der Waals surface area contributed by atoms with Crippen LogP contribution in [0.4, 0.5) is 5.82 Å². The van der Waals surface area contributed by atoms with E-state index >= 15 is 0 Å². The number of anilines is 1. The van der Waals surface area contributed by atoms with Gasteiger partial charge in [-0.25, -0.2) is 4.79 Å². The van der Waals surface area contributed by atoms with Gasteiger partial charge in [-0.05, 0) is 31.4 Å². The molecule has 1 N–H and O–H groups in total. The zero-order valence-electron chi connectivity index (χ0n) is 17.3. The Balaban J connectivity index is 1.92. The summed E-state index contributed by atoms with van der Waals surface area (Å²) < 4.78 is 6.33. The summed E-state index contributed by atoms with van der Waals surface area (Å²) in [4.78, 5) is 52.2. The van der Waals surface area contributed by atoms with E-state index in [1.165, 1.54) is 10.9 Å². The van der Waals surface area contributed by atoms with Crippen molar-refractivity contribution in [3.8, 4) is 0 Å². The summed E-state index contributed by atoms with van der Waals surface area (Å²) in [6.45, 7) is 5.64. The summed E-state index contributed by atoms with van der Waals surface area (Å²) in [6, 6.07) is 5.44. The van der Waals surface area contributed by atoms with Crippen LogP contribution in [0.2, 0.25) is 0 Å². The first-order valence-electron chi connectivity index (χ1n) is 9.73. The lowest BCUT2D eigenvalue weighted by Gasteiger charge is -2.26. The first-order valence-corrected chi connectivity index (χ1v) is 9.73. The molecule has 0 aliphatic carbocycles. The van der Waals surface area contributed by atoms with E-state index < -0.39 is 29.7 Å². The second-order valence-corrected chi connectivity index (χ2v) is 7.41. The zero-order valence-corrected chi connectivity index (χ0v) is 17.3. The number of esters is 1. The fraction of sp³-hybridized carbons (Fsp3) is 0.381. The second kappa shape index (κ2) is 8.48. The Bertz CT molecular complexity index is 976. The molecule has 3 rings (SSSR count). The lowest BCUT2D eigenvalue weighted by atomic mass is 10.0. The summed E-state index contributed by atoms with van der Waals surface area (Å²) in [7, 11) is 1.57. The van der Waals surface area contributed by atoms with Gasteiger partial charge in [0.15, 0.2) is 0 Å². The van der Waals surface area contributed by atoms with Crippen molar-refractivity contribution >= 4 is 29.5 Å². The van der Waals surface area contributed by atoms with Crippen LogP contribution in [0.1, 0.15) is 58.3 Å². The van der Waals surface area contributed by atoms with E-state index in [1.807, 2.05) is 13.8 Å². The van der Waals surface area contributed by atoms with Crippen LogP contribution in [0.25, 0.3) is 0 Å². The average Bonchev–Trinajstić information content (AvgIpc) is 3.18. The Morgan fingerprint density at radius 1 is 1.13 bits per heavy atom. The van der Waals surface area contributed by atoms with Crippen molar-refractivity contribution in [3.63, 3.8) is 0 Å². The van der Waals surface area contributed by atoms with Crippen molar-refractivity contribution in [2.24, 2.45) is 13.0 Å². The third-order valence-electron chi connectivity index (χ3n) is 4.81. The van der Waals surface area contributed by atoms with Gasteiger partial charge < -0.3 is 10.1 Å². The van der Waals surface area contributed by atoms with E-state index in [9.17, 15) is 19.2 Å². The maximum Gasteiger partial charge on any atom is 0.343 e. The lowest BCUT2D eigenvalue weighted by molar-refractivity contribution is -0.120. The minimum atomic E-state index is -1.04. The van der Waals surface area contributed by atoms with Crippen LogP contribution in [0.5, 0.6) is 0 Å². The molecule has 9 heteroatoms. The molecule has 30 heavy (non-hydrogen) atoms. The normalized spacial score (nSPS) is 14.1. The fourth-order valence-electron chi connectivity index (χ4n) is 3.41. The number of hydrogen-bond acceptors (Lipinski definition) is 6. The highest BCUT2D eigenvalue weighted by Gasteiger charge is 2.43. The monoisotopic (exact) mass is 412 g/mol. The smallest absolute Gasteiger partial charge is 0.343 e. The van der Waals surface area contributed by atoms with Crippen molar-refractivity contribution in [1.82, 2.24) is 14.7 Å². The molecule has 1 atom stereocenters. The first-order chi connectivity index (χ1) is 14.3. The zero-order chi connectivity index (χ0) is 22.0. The molecule has 1 aromatic carbocycles. The van der Waals surface area contributed by atoms with Crippen LogP contribution in [-0.2, 0) is 16.6 Å². The van der Waals surface area contributed by atoms with Gasteiger partial charge in [0.25, 0.3) is 11.8 Å². The molecule has 1 aromatic heterocycles. The van der Waals surface area contributed by atoms with E-state index in [0.29, 0.717) is 0 Å². The van der Waals surface area contributed by atoms with E-state index in [4.69, 9.17) is 4.74 Å². The maximum atomic E-state index is 13.2. The Morgan fingerprint density at radius 3 is 2.27 bits per heavy atom. The third-order valence-corrected chi connectivity index (χ3v) is 4.81. The molecule has 3 amide bonds. The number of rotatable bonds is 7. The number of amides is 3. The quantitative estimate of drug-likeness (QED) is 0.552. The third kappa shape index (κ3) is 3.83. The summed E-state index contributed by atoms with van der Waals surface area (Å²) in [5.41, 5.74) is 0.645. The highest BCUT2D eigenvalue weighted by atomic mass is 16.5. The van der Waals surface area contributed by atoms with Gasteiger partial charge in [0.2, 0.25) is 5.91 Å². The Hall–Kier alpha value is -3.49. The molecule has 1 aliphatic heterocycles. The molecular weight excluding hydrogens is 388 g/mol. The van der Waals surface area contributed by atoms with Crippen LogP contribution in [0.15, 0.2) is 30.5 Å². The van der Waals surface area contributed by atoms with E-state index in [0.717, 1.165) is 4.90 Å². The fourth-order valence-corrected chi connectivity index (χ4v) is 3.41. The number of imide groups is 1. The molecule has 0 unspecified atom stereocenters. The molecule has 0 spiro atoms. The van der Waals surface area contributed by atoms with Gasteiger partial charge in [-0.3, -0.25) is 24.0 Å². The van der Waals surface area contributed by atoms with Gasteiger partial charge in [-0.15, -0.1) is 0 Å². The number of nitrogens with one attached hydrogen (secondary N) is 1. The Morgan fingerprint density at radius 2 is 1.73 bits per heavy atom. The predicted molar refractivity (Wildman–Crippen MR) is 108 cm³/mol. The van der Waals surface area contributed by atoms with Crippen LogP contribution >= 0.6 is 0 Å². The number of nitrogens with zero attached hydrogens (tertiary/aromatic N) is 3. The van der Waals surface area contributed by atoms with Crippen molar-refractivity contribution < 1.29 is 23.9 Å². The number of fused-ring (bicyclic) bond motifs is 1. The number of ether oxygens (including phenoxy) is 1. The molecule has 0 bridgehead atoms. The SMILES string of the molecule is CCOC(=O)c1cnn(C)c1NC(=O)[C@@H](CC(C)C)N1C(=O)c2ccccc2C1=O. The molecule has 2 heterocycles. The number of aryl methyl sites for hydroxylation is 1. The van der Waals surface area contributed by atoms with Gasteiger partial charge in [-0.2, -0.15) is 5.10 Å². The molecule has 0 saturated carbocycles. The van der Waals surface area contributed by atoms with E-state index in [1.54, 1.807) is 38.2 Å². The molecule has 0 fully saturated rings. The van der Waals surface area contributed by atoms with Crippen LogP contribution < -0.4 is 5.32 Å². The molecule has 9 nitrogen and oxygen atoms in total. The first kappa shape index (κ1) is 21.2. The lowest BCUT2D eigenvalue weighted by Crippen LogP contribution is -2.48. The van der Waals surface area contributed by atoms with Crippen LogP contribution in [0.3, 0.4) is 0 Å². The standard InChI is InChI=1S/C21H24N4O5/c1-5-30-21(29)15-11-22-24(4)17(15)23-18(26)16(10-12(2)3)25-19(27)13-8-6-7-9-14(13)20(25)28/h6-9,11-12,16H,5,10H2,1-4H3,(H,23,26)/t16-/m1/s1. The Labute approximate surface area is 174 Å². The van der Waals surface area contributed by atoms with Crippen LogP contribution in [-0.4, -0.2) is 51.0 Å². The minimum absolute atomic E-state index is 0.0288. The number of benzene rings is 1. The molecule has 2 aromatic rings. The highest BCUT2D eigenvalue weighted by Crippen LogP contribution is 2.28. The highest BCUT2D eigenvalue weighted by molar-refractivity contribution is 6.23. The molecule has 1 aliphatic rings. The predicted octanol–water partition coefficient (Wildman–Crippen LogP) is 2.25. The van der Waals surface area contributed by atoms with Crippen molar-refractivity contribution in [3.05, 3.63) is 47.2 Å². The minimum Gasteiger partial charge on any atom is -0.462 e. The number of carbonyl (C=O) groups is 4. The number of hydrogen-bond donors (Lipinski definition) is 1. The van der Waals surface area contributed by atoms with Crippen molar-refractivity contribution in [2.45, 2.75) is 33.2 Å². The van der Waals surface area contributed by atoms with E-state index in [2.05, 4.69) is 10.4 Å². The van der Waals surface area contributed by atoms with Crippen molar-refractivity contribution in [1.29, 1.82) is 0 Å². The molecule has 0 saturated heterocycles. The summed E-state index contributed by atoms with van der Waals surface area (Å²) in [5, 5.41) is 6.67. The summed E-state index contributed by atoms with van der Waals surface area (Å²) in [5.74, 6) is -2.04. The molecule has 158 valence electrons. The summed E-state index contributed by atoms with van der Waals surface area (Å²) in [6.07, 6.45) is 1.57. The van der Waals surface area contributed by atoms with Gasteiger partial charge in [-0.1, -0.05) is 26.0 Å². The molecular formula is C21H24N4O5. The van der Waals surface area contributed by atoms with Crippen LogP contribution in [0, 0.1) is 5.92 Å². The van der Waals surface area contributed by atoms with Gasteiger partial charge >= 0.3 is 5.97 Å². The Kier molecular flexibility index (Phi) is 6.00. The van der Waals surface area contributed by atoms with Gasteiger partial charge in [0, 0.05) is 7.05 Å². The maximum absolute atomic E-state index is 13.2. The van der Waals surface area contributed by atoms with Gasteiger partial charge in [0.1, 0.15) is 17.4 Å². The van der Waals surface area contributed by atoms with Crippen molar-refractivity contribution in [2.75, 3.05) is 11.9 Å². The topological polar surface area (TPSA) is 111 Å². The second-order valence-electron chi connectivity index (χ2n) is 7.41. The average molecular weight is 412 g/mol. The summed E-state index contributed by atoms with van der Waals surface area (Å²) >= 11 is 0. The largest absolute Gasteiger partial charge is 0.462 e. The van der Waals surface area contributed by atoms with Gasteiger partial charge in [0.05, 0.1) is 23.9 Å².